The fourth-order valence-corrected chi connectivity index (χ4v) is 4.11. The van der Waals surface area contributed by atoms with Gasteiger partial charge in [0.2, 0.25) is 17.7 Å². The number of likely N-dealkylation sites (tertiary alicyclic amines) is 1. The third-order valence-electron chi connectivity index (χ3n) is 5.83. The molecule has 1 heterocycles. The summed E-state index contributed by atoms with van der Waals surface area (Å²) in [4.78, 5) is 55.9. The molecule has 0 spiro atoms. The van der Waals surface area contributed by atoms with Crippen LogP contribution in [0.3, 0.4) is 0 Å². The monoisotopic (exact) mass is 521 g/mol. The molecule has 0 aromatic heterocycles. The van der Waals surface area contributed by atoms with Crippen molar-refractivity contribution < 1.29 is 24.3 Å². The number of carbonyl (C=O) groups excluding carboxylic acids is 3. The molecule has 0 radical (unpaired) electrons. The number of carboxylic acids is 1. The van der Waals surface area contributed by atoms with Crippen molar-refractivity contribution >= 4 is 42.3 Å². The van der Waals surface area contributed by atoms with Crippen LogP contribution in [0.1, 0.15) is 31.2 Å². The van der Waals surface area contributed by atoms with Gasteiger partial charge in [0.25, 0.3) is 0 Å². The maximum atomic E-state index is 13.5. The lowest BCUT2D eigenvalue weighted by molar-refractivity contribution is -0.145. The first-order chi connectivity index (χ1) is 17.1. The normalized spacial score (nSPS) is 17.5. The molecule has 1 saturated heterocycles. The minimum absolute atomic E-state index is 0.0986. The summed E-state index contributed by atoms with van der Waals surface area (Å²) in [6.07, 6.45) is 1.61. The van der Waals surface area contributed by atoms with Crippen molar-refractivity contribution in [2.24, 2.45) is 22.2 Å². The van der Waals surface area contributed by atoms with E-state index in [2.05, 4.69) is 28.3 Å². The van der Waals surface area contributed by atoms with E-state index in [4.69, 9.17) is 17.2 Å². The highest BCUT2D eigenvalue weighted by Gasteiger charge is 2.39. The molecule has 4 unspecified atom stereocenters. The Balaban J connectivity index is 2.13. The lowest BCUT2D eigenvalue weighted by Crippen LogP contribution is -2.57. The summed E-state index contributed by atoms with van der Waals surface area (Å²) in [5.41, 5.74) is 17.1. The zero-order valence-electron chi connectivity index (χ0n) is 20.0. The van der Waals surface area contributed by atoms with E-state index in [0.29, 0.717) is 25.8 Å². The Morgan fingerprint density at radius 3 is 2.44 bits per heavy atom. The molecule has 4 atom stereocenters. The first kappa shape index (κ1) is 28.9. The van der Waals surface area contributed by atoms with Crippen LogP contribution in [0.5, 0.6) is 0 Å². The molecular weight excluding hydrogens is 486 g/mol. The topological polar surface area (TPSA) is 206 Å². The number of amides is 3. The fraction of sp³-hybridized carbons (Fsp3) is 0.522. The van der Waals surface area contributed by atoms with Gasteiger partial charge in [0.15, 0.2) is 5.96 Å². The lowest BCUT2D eigenvalue weighted by Gasteiger charge is -2.30. The van der Waals surface area contributed by atoms with Crippen LogP contribution in [0.15, 0.2) is 35.3 Å². The molecule has 9 N–H and O–H groups in total. The van der Waals surface area contributed by atoms with Gasteiger partial charge in [0, 0.05) is 25.3 Å². The molecule has 198 valence electrons. The highest BCUT2D eigenvalue weighted by Crippen LogP contribution is 2.20. The average molecular weight is 522 g/mol. The molecule has 1 fully saturated rings. The summed E-state index contributed by atoms with van der Waals surface area (Å²) in [5, 5.41) is 14.7. The molecule has 1 aromatic rings. The van der Waals surface area contributed by atoms with E-state index in [0.717, 1.165) is 5.56 Å². The number of aliphatic carboxylic acids is 1. The number of rotatable bonds is 13. The molecule has 0 aliphatic carbocycles. The summed E-state index contributed by atoms with van der Waals surface area (Å²) in [6, 6.07) is 5.29. The van der Waals surface area contributed by atoms with Crippen molar-refractivity contribution in [3.05, 3.63) is 35.9 Å². The molecule has 1 aromatic carbocycles. The number of carbonyl (C=O) groups is 4. The number of nitrogens with zero attached hydrogens (tertiary/aromatic N) is 2. The Bertz CT molecular complexity index is 942. The van der Waals surface area contributed by atoms with Crippen LogP contribution in [0.4, 0.5) is 0 Å². The van der Waals surface area contributed by atoms with Crippen molar-refractivity contribution in [2.75, 3.05) is 18.8 Å². The molecule has 12 nitrogen and oxygen atoms in total. The quantitative estimate of drug-likeness (QED) is 0.0708. The molecule has 0 bridgehead atoms. The lowest BCUT2D eigenvalue weighted by atomic mass is 10.0. The number of hydrogen-bond acceptors (Lipinski definition) is 7. The Hall–Kier alpha value is -3.32. The van der Waals surface area contributed by atoms with Crippen LogP contribution >= 0.6 is 12.6 Å². The van der Waals surface area contributed by atoms with Crippen LogP contribution in [-0.2, 0) is 25.6 Å². The minimum Gasteiger partial charge on any atom is -0.480 e. The van der Waals surface area contributed by atoms with Crippen LogP contribution < -0.4 is 27.8 Å². The van der Waals surface area contributed by atoms with E-state index in [1.165, 1.54) is 4.90 Å². The molecule has 36 heavy (non-hydrogen) atoms. The number of hydrogen-bond donors (Lipinski definition) is 7. The van der Waals surface area contributed by atoms with Gasteiger partial charge < -0.3 is 37.8 Å². The smallest absolute Gasteiger partial charge is 0.326 e. The van der Waals surface area contributed by atoms with Gasteiger partial charge in [-0.3, -0.25) is 19.4 Å². The van der Waals surface area contributed by atoms with Gasteiger partial charge in [0.05, 0.1) is 6.04 Å². The molecule has 3 amide bonds. The predicted molar refractivity (Wildman–Crippen MR) is 138 cm³/mol. The SMILES string of the molecule is NC(N)=NCCCC(NC(=O)C1CCCN1C(=O)C(Cc1ccccc1)NC(=O)C(N)CS)C(=O)O. The molecule has 13 heteroatoms. The van der Waals surface area contributed by atoms with E-state index in [-0.39, 0.29) is 31.1 Å². The third-order valence-corrected chi connectivity index (χ3v) is 6.22. The summed E-state index contributed by atoms with van der Waals surface area (Å²) in [7, 11) is 0. The van der Waals surface area contributed by atoms with E-state index in [9.17, 15) is 24.3 Å². The molecular formula is C23H35N7O5S. The van der Waals surface area contributed by atoms with Gasteiger partial charge in [-0.05, 0) is 31.2 Å². The van der Waals surface area contributed by atoms with Gasteiger partial charge in [-0.15, -0.1) is 0 Å². The van der Waals surface area contributed by atoms with Crippen molar-refractivity contribution in [3.63, 3.8) is 0 Å². The molecule has 0 saturated carbocycles. The van der Waals surface area contributed by atoms with E-state index >= 15 is 0 Å². The number of guanidine groups is 1. The Morgan fingerprint density at radius 2 is 1.83 bits per heavy atom. The third kappa shape index (κ3) is 8.72. The van der Waals surface area contributed by atoms with Crippen LogP contribution in [0.2, 0.25) is 0 Å². The second-order valence-corrected chi connectivity index (χ2v) is 8.94. The first-order valence-electron chi connectivity index (χ1n) is 11.7. The summed E-state index contributed by atoms with van der Waals surface area (Å²) in [6.45, 7) is 0.532. The van der Waals surface area contributed by atoms with Crippen molar-refractivity contribution in [1.29, 1.82) is 0 Å². The molecule has 1 aliphatic rings. The van der Waals surface area contributed by atoms with E-state index in [1.807, 2.05) is 30.3 Å². The van der Waals surface area contributed by atoms with Gasteiger partial charge in [-0.25, -0.2) is 4.79 Å². The number of thiol groups is 1. The maximum Gasteiger partial charge on any atom is 0.326 e. The second-order valence-electron chi connectivity index (χ2n) is 8.58. The Labute approximate surface area is 215 Å². The van der Waals surface area contributed by atoms with Crippen LogP contribution in [0.25, 0.3) is 0 Å². The highest BCUT2D eigenvalue weighted by molar-refractivity contribution is 7.80. The van der Waals surface area contributed by atoms with Crippen molar-refractivity contribution in [3.8, 4) is 0 Å². The molecule has 1 aliphatic heterocycles. The van der Waals surface area contributed by atoms with Gasteiger partial charge >= 0.3 is 5.97 Å². The standard InChI is InChI=1S/C23H35N7O5S/c24-15(13-36)19(31)29-17(12-14-6-2-1-3-7-14)21(33)30-11-5-9-18(30)20(32)28-16(22(34)35)8-4-10-27-23(25)26/h1-3,6-7,15-18,36H,4-5,8-13,24H2,(H,28,32)(H,29,31)(H,34,35)(H4,25,26,27). The second kappa shape index (κ2) is 14.3. The highest BCUT2D eigenvalue weighted by atomic mass is 32.1. The minimum atomic E-state index is -1.20. The summed E-state index contributed by atoms with van der Waals surface area (Å²) < 4.78 is 0. The Morgan fingerprint density at radius 1 is 1.14 bits per heavy atom. The van der Waals surface area contributed by atoms with Crippen molar-refractivity contribution in [1.82, 2.24) is 15.5 Å². The van der Waals surface area contributed by atoms with Gasteiger partial charge in [0.1, 0.15) is 18.1 Å². The predicted octanol–water partition coefficient (Wildman–Crippen LogP) is -1.41. The van der Waals surface area contributed by atoms with E-state index < -0.39 is 47.9 Å². The number of aliphatic imine (C=N–C) groups is 1. The number of nitrogens with one attached hydrogen (secondary N) is 2. The van der Waals surface area contributed by atoms with Gasteiger partial charge in [-0.1, -0.05) is 30.3 Å². The number of nitrogens with two attached hydrogens (primary N) is 3. The van der Waals surface area contributed by atoms with E-state index in [1.54, 1.807) is 0 Å². The Kier molecular flexibility index (Phi) is 11.5. The number of benzene rings is 1. The zero-order valence-corrected chi connectivity index (χ0v) is 20.9. The largest absolute Gasteiger partial charge is 0.480 e. The first-order valence-corrected chi connectivity index (χ1v) is 12.4. The summed E-state index contributed by atoms with van der Waals surface area (Å²) >= 11 is 4.04. The van der Waals surface area contributed by atoms with Crippen LogP contribution in [-0.4, -0.2) is 82.7 Å². The maximum absolute atomic E-state index is 13.5. The summed E-state index contributed by atoms with van der Waals surface area (Å²) in [5.74, 6) is -2.71. The molecule has 2 rings (SSSR count). The van der Waals surface area contributed by atoms with Crippen molar-refractivity contribution in [2.45, 2.75) is 56.3 Å². The van der Waals surface area contributed by atoms with Crippen LogP contribution in [0, 0.1) is 0 Å². The average Bonchev–Trinajstić information content (AvgIpc) is 3.34. The zero-order chi connectivity index (χ0) is 26.7. The van der Waals surface area contributed by atoms with Gasteiger partial charge in [-0.2, -0.15) is 12.6 Å². The number of carboxylic acid groups (broad SMARTS) is 1. The fourth-order valence-electron chi connectivity index (χ4n) is 3.94.